The molecule has 0 aliphatic heterocycles. The molecular weight excluding hydrogens is 410 g/mol. The molecule has 0 aromatic heterocycles. The van der Waals surface area contributed by atoms with Gasteiger partial charge in [-0.05, 0) is 61.8 Å². The average Bonchev–Trinajstić information content (AvgIpc) is 2.66. The van der Waals surface area contributed by atoms with E-state index in [0.717, 1.165) is 29.1 Å². The lowest BCUT2D eigenvalue weighted by Gasteiger charge is -2.12. The number of nitrogens with zero attached hydrogens (tertiary/aromatic N) is 1. The summed E-state index contributed by atoms with van der Waals surface area (Å²) in [5.41, 5.74) is 1.33. The van der Waals surface area contributed by atoms with E-state index in [1.807, 2.05) is 54.2 Å². The number of hydrogen-bond acceptors (Lipinski definition) is 4. The van der Waals surface area contributed by atoms with Crippen LogP contribution in [0.1, 0.15) is 15.9 Å². The lowest BCUT2D eigenvalue weighted by atomic mass is 10.0. The summed E-state index contributed by atoms with van der Waals surface area (Å²) in [6.07, 6.45) is 6.26. The van der Waals surface area contributed by atoms with Crippen LogP contribution in [0.25, 0.3) is 0 Å². The summed E-state index contributed by atoms with van der Waals surface area (Å²) in [6.45, 7) is 2.53. The Hall–Kier alpha value is -1.56. The summed E-state index contributed by atoms with van der Waals surface area (Å²) >= 11 is 5.23. The predicted octanol–water partition coefficient (Wildman–Crippen LogP) is 4.91. The van der Waals surface area contributed by atoms with Gasteiger partial charge < -0.3 is 9.64 Å². The molecule has 0 N–H and O–H groups in total. The Kier molecular flexibility index (Phi) is 8.95. The smallest absolute Gasteiger partial charge is 0.193 e. The first-order valence-corrected chi connectivity index (χ1v) is 10.6. The molecule has 0 bridgehead atoms. The predicted molar refractivity (Wildman–Crippen MR) is 115 cm³/mol. The number of rotatable bonds is 10. The maximum Gasteiger partial charge on any atom is 0.193 e. The molecule has 0 aliphatic carbocycles. The summed E-state index contributed by atoms with van der Waals surface area (Å²) < 4.78 is 6.66. The molecule has 0 heterocycles. The van der Waals surface area contributed by atoms with E-state index in [2.05, 4.69) is 40.2 Å². The van der Waals surface area contributed by atoms with E-state index in [-0.39, 0.29) is 5.78 Å². The highest BCUT2D eigenvalue weighted by atomic mass is 79.9. The van der Waals surface area contributed by atoms with Crippen molar-refractivity contribution in [3.05, 3.63) is 76.3 Å². The fourth-order valence-corrected chi connectivity index (χ4v) is 3.03. The van der Waals surface area contributed by atoms with Crippen LogP contribution in [0.3, 0.4) is 0 Å². The first-order valence-electron chi connectivity index (χ1n) is 8.46. The minimum Gasteiger partial charge on any atom is -0.490 e. The first kappa shape index (κ1) is 20.7. The van der Waals surface area contributed by atoms with Gasteiger partial charge in [0.15, 0.2) is 5.78 Å². The van der Waals surface area contributed by atoms with Crippen molar-refractivity contribution >= 4 is 33.5 Å². The number of halogens is 1. The molecule has 0 spiro atoms. The molecule has 0 amide bonds. The second-order valence-corrected chi connectivity index (χ2v) is 7.80. The molecular formula is C21H24BrNO2S. The Morgan fingerprint density at radius 1 is 1.08 bits per heavy atom. The number of likely N-dealkylation sites (N-methyl/N-ethyl adjacent to an activating group) is 1. The summed E-state index contributed by atoms with van der Waals surface area (Å²) in [7, 11) is 2.11. The van der Waals surface area contributed by atoms with Crippen molar-refractivity contribution in [3.8, 4) is 5.75 Å². The van der Waals surface area contributed by atoms with E-state index in [9.17, 15) is 4.79 Å². The fourth-order valence-electron chi connectivity index (χ4n) is 2.28. The SMILES string of the molecule is CSCCN(C)CC=CCOc1ccc(C(=O)c2ccc(Br)cc2)cc1. The van der Waals surface area contributed by atoms with Gasteiger partial charge in [-0.2, -0.15) is 11.8 Å². The summed E-state index contributed by atoms with van der Waals surface area (Å²) in [5.74, 6) is 1.92. The van der Waals surface area contributed by atoms with E-state index in [1.165, 1.54) is 0 Å². The van der Waals surface area contributed by atoms with E-state index in [1.54, 1.807) is 12.1 Å². The number of carbonyl (C=O) groups is 1. The van der Waals surface area contributed by atoms with Crippen molar-refractivity contribution in [2.45, 2.75) is 0 Å². The van der Waals surface area contributed by atoms with Gasteiger partial charge in [0.25, 0.3) is 0 Å². The highest BCUT2D eigenvalue weighted by Gasteiger charge is 2.08. The zero-order chi connectivity index (χ0) is 18.8. The van der Waals surface area contributed by atoms with Crippen molar-refractivity contribution < 1.29 is 9.53 Å². The number of ether oxygens (including phenoxy) is 1. The minimum absolute atomic E-state index is 0.0113. The van der Waals surface area contributed by atoms with E-state index >= 15 is 0 Å². The third-order valence-electron chi connectivity index (χ3n) is 3.83. The van der Waals surface area contributed by atoms with Crippen LogP contribution < -0.4 is 4.74 Å². The molecule has 0 atom stereocenters. The molecule has 0 radical (unpaired) electrons. The maximum absolute atomic E-state index is 12.4. The van der Waals surface area contributed by atoms with Gasteiger partial charge in [-0.15, -0.1) is 0 Å². The Bertz CT molecular complexity index is 714. The van der Waals surface area contributed by atoms with Gasteiger partial charge >= 0.3 is 0 Å². The van der Waals surface area contributed by atoms with Crippen LogP contribution in [-0.4, -0.2) is 49.4 Å². The Labute approximate surface area is 168 Å². The third-order valence-corrected chi connectivity index (χ3v) is 4.95. The number of carbonyl (C=O) groups excluding carboxylic acids is 1. The van der Waals surface area contributed by atoms with Crippen molar-refractivity contribution in [2.75, 3.05) is 38.8 Å². The van der Waals surface area contributed by atoms with Gasteiger partial charge in [0, 0.05) is 34.4 Å². The molecule has 138 valence electrons. The average molecular weight is 434 g/mol. The van der Waals surface area contributed by atoms with E-state index in [4.69, 9.17) is 4.74 Å². The Morgan fingerprint density at radius 2 is 1.69 bits per heavy atom. The van der Waals surface area contributed by atoms with Crippen LogP contribution in [0.4, 0.5) is 0 Å². The van der Waals surface area contributed by atoms with Gasteiger partial charge in [-0.1, -0.05) is 28.1 Å². The van der Waals surface area contributed by atoms with Crippen molar-refractivity contribution in [1.82, 2.24) is 4.90 Å². The molecule has 26 heavy (non-hydrogen) atoms. The van der Waals surface area contributed by atoms with Crippen LogP contribution in [0.2, 0.25) is 0 Å². The molecule has 3 nitrogen and oxygen atoms in total. The largest absolute Gasteiger partial charge is 0.490 e. The number of benzene rings is 2. The van der Waals surface area contributed by atoms with Crippen LogP contribution in [0.15, 0.2) is 65.2 Å². The highest BCUT2D eigenvalue weighted by Crippen LogP contribution is 2.17. The standard InChI is InChI=1S/C21H24BrNO2S/c1-23(14-16-26-2)13-3-4-15-25-20-11-7-18(8-12-20)21(24)17-5-9-19(22)10-6-17/h3-12H,13-16H2,1-2H3. The highest BCUT2D eigenvalue weighted by molar-refractivity contribution is 9.10. The second kappa shape index (κ2) is 11.2. The molecule has 0 unspecified atom stereocenters. The van der Waals surface area contributed by atoms with Gasteiger partial charge in [0.05, 0.1) is 0 Å². The van der Waals surface area contributed by atoms with E-state index in [0.29, 0.717) is 17.7 Å². The van der Waals surface area contributed by atoms with Crippen LogP contribution in [0, 0.1) is 0 Å². The molecule has 0 saturated carbocycles. The molecule has 2 aromatic carbocycles. The summed E-state index contributed by atoms with van der Waals surface area (Å²) in [4.78, 5) is 14.7. The summed E-state index contributed by atoms with van der Waals surface area (Å²) in [5, 5.41) is 0. The van der Waals surface area contributed by atoms with Gasteiger partial charge in [0.2, 0.25) is 0 Å². The quantitative estimate of drug-likeness (QED) is 0.393. The summed E-state index contributed by atoms with van der Waals surface area (Å²) in [6, 6.07) is 14.7. The molecule has 0 fully saturated rings. The zero-order valence-corrected chi connectivity index (χ0v) is 17.6. The number of thioether (sulfide) groups is 1. The fraction of sp³-hybridized carbons (Fsp3) is 0.286. The Balaban J connectivity index is 1.80. The number of ketones is 1. The lowest BCUT2D eigenvalue weighted by Crippen LogP contribution is -2.21. The van der Waals surface area contributed by atoms with Gasteiger partial charge in [-0.3, -0.25) is 4.79 Å². The van der Waals surface area contributed by atoms with Gasteiger partial charge in [0.1, 0.15) is 12.4 Å². The third kappa shape index (κ3) is 6.98. The lowest BCUT2D eigenvalue weighted by molar-refractivity contribution is 0.103. The van der Waals surface area contributed by atoms with Gasteiger partial charge in [-0.25, -0.2) is 0 Å². The van der Waals surface area contributed by atoms with Crippen LogP contribution >= 0.6 is 27.7 Å². The van der Waals surface area contributed by atoms with Crippen LogP contribution in [0.5, 0.6) is 5.75 Å². The monoisotopic (exact) mass is 433 g/mol. The maximum atomic E-state index is 12.4. The minimum atomic E-state index is 0.0113. The molecule has 2 rings (SSSR count). The molecule has 5 heteroatoms. The van der Waals surface area contributed by atoms with Crippen LogP contribution in [-0.2, 0) is 0 Å². The first-order chi connectivity index (χ1) is 12.6. The Morgan fingerprint density at radius 3 is 2.31 bits per heavy atom. The number of hydrogen-bond donors (Lipinski definition) is 0. The topological polar surface area (TPSA) is 29.5 Å². The molecule has 2 aromatic rings. The molecule has 0 aliphatic rings. The van der Waals surface area contributed by atoms with Crippen molar-refractivity contribution in [1.29, 1.82) is 0 Å². The van der Waals surface area contributed by atoms with Crippen molar-refractivity contribution in [2.24, 2.45) is 0 Å². The van der Waals surface area contributed by atoms with Crippen molar-refractivity contribution in [3.63, 3.8) is 0 Å². The normalized spacial score (nSPS) is 11.2. The van der Waals surface area contributed by atoms with E-state index < -0.39 is 0 Å². The second-order valence-electron chi connectivity index (χ2n) is 5.90. The molecule has 0 saturated heterocycles. The zero-order valence-electron chi connectivity index (χ0n) is 15.2.